The summed E-state index contributed by atoms with van der Waals surface area (Å²) in [5.74, 6) is -1.84. The Morgan fingerprint density at radius 2 is 1.58 bits per heavy atom. The molecule has 2 heterocycles. The first-order valence-corrected chi connectivity index (χ1v) is 19.6. The van der Waals surface area contributed by atoms with Gasteiger partial charge in [0.15, 0.2) is 12.6 Å². The molecule has 306 valence electrons. The van der Waals surface area contributed by atoms with E-state index in [1.807, 2.05) is 6.92 Å². The van der Waals surface area contributed by atoms with Crippen LogP contribution in [0.3, 0.4) is 0 Å². The van der Waals surface area contributed by atoms with Crippen LogP contribution in [0.1, 0.15) is 79.1 Å². The minimum Gasteiger partial charge on any atom is -0.394 e. The average Bonchev–Trinajstić information content (AvgIpc) is 3.57. The van der Waals surface area contributed by atoms with Gasteiger partial charge in [0.1, 0.15) is 42.4 Å². The summed E-state index contributed by atoms with van der Waals surface area (Å²) >= 11 is 0. The molecule has 21 atom stereocenters. The maximum Gasteiger partial charge on any atom is 0.187 e. The Morgan fingerprint density at radius 3 is 2.26 bits per heavy atom. The van der Waals surface area contributed by atoms with Crippen LogP contribution in [0.25, 0.3) is 0 Å². The van der Waals surface area contributed by atoms with Crippen molar-refractivity contribution in [2.75, 3.05) is 26.9 Å². The molecule has 53 heavy (non-hydrogen) atoms. The minimum absolute atomic E-state index is 0.0185. The van der Waals surface area contributed by atoms with E-state index in [9.17, 15) is 50.8 Å². The van der Waals surface area contributed by atoms with E-state index < -0.39 is 114 Å². The van der Waals surface area contributed by atoms with Crippen LogP contribution in [0.15, 0.2) is 0 Å². The van der Waals surface area contributed by atoms with E-state index in [0.717, 1.165) is 6.42 Å². The number of aliphatic hydroxyl groups excluding tert-OH is 8. The van der Waals surface area contributed by atoms with Crippen LogP contribution in [0, 0.1) is 46.3 Å². The number of hydrogen-bond acceptors (Lipinski definition) is 15. The second-order valence-corrected chi connectivity index (χ2v) is 17.9. The van der Waals surface area contributed by atoms with Crippen molar-refractivity contribution in [3.8, 4) is 0 Å². The van der Waals surface area contributed by atoms with E-state index in [4.69, 9.17) is 23.7 Å². The molecule has 21 unspecified atom stereocenters. The van der Waals surface area contributed by atoms with Crippen molar-refractivity contribution < 1.29 is 74.4 Å². The minimum atomic E-state index is -1.49. The van der Waals surface area contributed by atoms with Gasteiger partial charge in [-0.15, -0.1) is 0 Å². The fourth-order valence-electron chi connectivity index (χ4n) is 12.0. The third-order valence-corrected chi connectivity index (χ3v) is 14.9. The van der Waals surface area contributed by atoms with E-state index in [0.29, 0.717) is 32.1 Å². The molecule has 0 amide bonds. The molecular weight excluding hydrogens is 696 g/mol. The van der Waals surface area contributed by atoms with Crippen molar-refractivity contribution in [2.45, 2.75) is 158 Å². The molecular formula is C38H64O15. The molecule has 0 spiro atoms. The summed E-state index contributed by atoms with van der Waals surface area (Å²) in [5, 5.41) is 98.3. The molecule has 2 saturated heterocycles. The van der Waals surface area contributed by atoms with E-state index in [2.05, 4.69) is 13.8 Å². The molecule has 2 aliphatic heterocycles. The third-order valence-electron chi connectivity index (χ3n) is 14.9. The summed E-state index contributed by atoms with van der Waals surface area (Å²) in [6.45, 7) is 7.28. The number of rotatable bonds is 12. The summed E-state index contributed by atoms with van der Waals surface area (Å²) in [6.07, 6.45) is -9.73. The highest BCUT2D eigenvalue weighted by molar-refractivity contribution is 5.80. The first kappa shape index (κ1) is 41.7. The lowest BCUT2D eigenvalue weighted by atomic mass is 9.41. The van der Waals surface area contributed by atoms with Crippen molar-refractivity contribution in [3.63, 3.8) is 0 Å². The molecule has 6 rings (SSSR count). The predicted octanol–water partition coefficient (Wildman–Crippen LogP) is -0.772. The van der Waals surface area contributed by atoms with Crippen LogP contribution in [0.2, 0.25) is 0 Å². The Kier molecular flexibility index (Phi) is 12.4. The molecule has 6 aliphatic rings. The van der Waals surface area contributed by atoms with Gasteiger partial charge in [-0.1, -0.05) is 27.7 Å². The SMILES string of the molecule is COC1COC(OC2C(OCC(C)C(=O)CCC(C)C3CC(O)C4C3(C)CCC3C5(C)CCC(O)C(O)C5C(O)CC34O)OC(CO)C2O)C(O)C1O. The Labute approximate surface area is 311 Å². The summed E-state index contributed by atoms with van der Waals surface area (Å²) in [6, 6.07) is 0. The number of carbonyl (C=O) groups is 1. The number of ether oxygens (including phenoxy) is 5. The molecule has 0 radical (unpaired) electrons. The number of fused-ring (bicyclic) bond motifs is 5. The number of Topliss-reactive ketones (excluding diaryl/α,β-unsaturated/α-hetero) is 1. The molecule has 0 aromatic heterocycles. The van der Waals surface area contributed by atoms with Crippen LogP contribution in [-0.4, -0.2) is 158 Å². The number of methoxy groups -OCH3 is 1. The highest BCUT2D eigenvalue weighted by atomic mass is 16.8. The van der Waals surface area contributed by atoms with E-state index in [-0.39, 0.29) is 49.6 Å². The highest BCUT2D eigenvalue weighted by Gasteiger charge is 2.71. The number of ketones is 1. The first-order chi connectivity index (χ1) is 24.9. The standard InChI is InChI=1S/C38H64O15/c1-17(19-12-22(42)33-36(19,3)11-9-26-37(4)10-8-21(41)28(44)27(37)23(43)13-38(26,33)48)6-7-20(40)18(2)15-50-35-32(30(46)24(14-39)52-35)53-34-31(47)29(45)25(49-5)16-51-34/h17-19,21-35,39,41-48H,6-16H2,1-5H3. The van der Waals surface area contributed by atoms with Gasteiger partial charge in [0.25, 0.3) is 0 Å². The van der Waals surface area contributed by atoms with Crippen LogP contribution in [-0.2, 0) is 28.5 Å². The Hall–Kier alpha value is -0.890. The summed E-state index contributed by atoms with van der Waals surface area (Å²) in [7, 11) is 1.37. The zero-order chi connectivity index (χ0) is 38.8. The van der Waals surface area contributed by atoms with Crippen molar-refractivity contribution in [3.05, 3.63) is 0 Å². The van der Waals surface area contributed by atoms with Crippen LogP contribution >= 0.6 is 0 Å². The normalized spacial score (nSPS) is 52.3. The van der Waals surface area contributed by atoms with Crippen LogP contribution in [0.5, 0.6) is 0 Å². The first-order valence-electron chi connectivity index (χ1n) is 19.6. The third kappa shape index (κ3) is 7.17. The van der Waals surface area contributed by atoms with Gasteiger partial charge < -0.3 is 69.6 Å². The summed E-state index contributed by atoms with van der Waals surface area (Å²) in [4.78, 5) is 13.4. The quantitative estimate of drug-likeness (QED) is 0.119. The van der Waals surface area contributed by atoms with E-state index >= 15 is 0 Å². The average molecular weight is 761 g/mol. The van der Waals surface area contributed by atoms with Gasteiger partial charge in [-0.3, -0.25) is 4.79 Å². The lowest BCUT2D eigenvalue weighted by Gasteiger charge is -2.66. The molecule has 0 aromatic carbocycles. The maximum atomic E-state index is 13.4. The van der Waals surface area contributed by atoms with Crippen LogP contribution < -0.4 is 0 Å². The molecule has 4 saturated carbocycles. The Balaban J connectivity index is 1.05. The number of aliphatic hydroxyl groups is 9. The zero-order valence-electron chi connectivity index (χ0n) is 31.6. The van der Waals surface area contributed by atoms with Crippen molar-refractivity contribution >= 4 is 5.78 Å². The largest absolute Gasteiger partial charge is 0.394 e. The van der Waals surface area contributed by atoms with Gasteiger partial charge in [-0.05, 0) is 67.1 Å². The lowest BCUT2D eigenvalue weighted by molar-refractivity contribution is -0.305. The molecule has 0 bridgehead atoms. The van der Waals surface area contributed by atoms with Gasteiger partial charge in [0, 0.05) is 37.7 Å². The van der Waals surface area contributed by atoms with Crippen molar-refractivity contribution in [2.24, 2.45) is 46.3 Å². The van der Waals surface area contributed by atoms with Crippen molar-refractivity contribution in [1.29, 1.82) is 0 Å². The molecule has 0 aromatic rings. The highest BCUT2D eigenvalue weighted by Crippen LogP contribution is 2.69. The van der Waals surface area contributed by atoms with Crippen molar-refractivity contribution in [1.82, 2.24) is 0 Å². The Bertz CT molecular complexity index is 1270. The smallest absolute Gasteiger partial charge is 0.187 e. The monoisotopic (exact) mass is 760 g/mol. The lowest BCUT2D eigenvalue weighted by Crippen LogP contribution is -2.70. The Morgan fingerprint density at radius 1 is 0.887 bits per heavy atom. The maximum absolute atomic E-state index is 13.4. The second kappa shape index (κ2) is 15.8. The van der Waals surface area contributed by atoms with Gasteiger partial charge >= 0.3 is 0 Å². The fourth-order valence-corrected chi connectivity index (χ4v) is 12.0. The fraction of sp³-hybridized carbons (Fsp3) is 0.974. The number of hydrogen-bond donors (Lipinski definition) is 9. The summed E-state index contributed by atoms with van der Waals surface area (Å²) in [5.41, 5.74) is -2.37. The molecule has 4 aliphatic carbocycles. The van der Waals surface area contributed by atoms with Gasteiger partial charge in [0.05, 0.1) is 49.8 Å². The molecule has 15 nitrogen and oxygen atoms in total. The van der Waals surface area contributed by atoms with Crippen LogP contribution in [0.4, 0.5) is 0 Å². The van der Waals surface area contributed by atoms with E-state index in [1.165, 1.54) is 7.11 Å². The van der Waals surface area contributed by atoms with Gasteiger partial charge in [-0.25, -0.2) is 0 Å². The molecule has 6 fully saturated rings. The van der Waals surface area contributed by atoms with Gasteiger partial charge in [0.2, 0.25) is 0 Å². The zero-order valence-corrected chi connectivity index (χ0v) is 31.6. The summed E-state index contributed by atoms with van der Waals surface area (Å²) < 4.78 is 28.0. The number of carbonyl (C=O) groups excluding carboxylic acids is 1. The van der Waals surface area contributed by atoms with E-state index in [1.54, 1.807) is 6.92 Å². The predicted molar refractivity (Wildman–Crippen MR) is 185 cm³/mol. The second-order valence-electron chi connectivity index (χ2n) is 17.9. The van der Waals surface area contributed by atoms with Gasteiger partial charge in [-0.2, -0.15) is 0 Å². The molecule has 9 N–H and O–H groups in total. The molecule has 15 heteroatoms. The topological polar surface area (TPSA) is 245 Å².